The van der Waals surface area contributed by atoms with Gasteiger partial charge in [0.05, 0.1) is 18.8 Å². The standard InChI is InChI=1S/C18H26Br2N2O5/c19-11-5-10(7-21-12-3-1-2-4-12)15(13(20)6-11)22-9-18(26)17(25)16(24)14(23)8-27-18/h5-6,12,14,16-17,21-26H,1-4,7-9H2/t14-,16+,17+,18?/m1/s1. The summed E-state index contributed by atoms with van der Waals surface area (Å²) in [4.78, 5) is 0. The zero-order valence-electron chi connectivity index (χ0n) is 14.9. The molecular formula is C18H26Br2N2O5. The Balaban J connectivity index is 1.71. The number of ether oxygens (including phenoxy) is 1. The van der Waals surface area contributed by atoms with E-state index in [4.69, 9.17) is 4.74 Å². The molecule has 2 aliphatic rings. The number of hydrogen-bond acceptors (Lipinski definition) is 7. The number of hydrogen-bond donors (Lipinski definition) is 6. The average Bonchev–Trinajstić information content (AvgIpc) is 3.14. The quantitative estimate of drug-likeness (QED) is 0.344. The van der Waals surface area contributed by atoms with Gasteiger partial charge in [-0.25, -0.2) is 0 Å². The lowest BCUT2D eigenvalue weighted by Gasteiger charge is -2.41. The number of aliphatic hydroxyl groups is 4. The van der Waals surface area contributed by atoms with Crippen molar-refractivity contribution >= 4 is 37.5 Å². The third kappa shape index (κ3) is 5.02. The van der Waals surface area contributed by atoms with Crippen molar-refractivity contribution in [2.75, 3.05) is 18.5 Å². The van der Waals surface area contributed by atoms with Crippen LogP contribution in [0.5, 0.6) is 0 Å². The van der Waals surface area contributed by atoms with Crippen molar-refractivity contribution in [2.24, 2.45) is 0 Å². The predicted octanol–water partition coefficient (Wildman–Crippen LogP) is 1.46. The summed E-state index contributed by atoms with van der Waals surface area (Å²) in [6.07, 6.45) is 0.537. The first-order valence-corrected chi connectivity index (χ1v) is 10.7. The van der Waals surface area contributed by atoms with Gasteiger partial charge in [-0.15, -0.1) is 0 Å². The Morgan fingerprint density at radius 3 is 2.56 bits per heavy atom. The van der Waals surface area contributed by atoms with Crippen LogP contribution < -0.4 is 10.6 Å². The summed E-state index contributed by atoms with van der Waals surface area (Å²) in [6, 6.07) is 4.40. The average molecular weight is 510 g/mol. The van der Waals surface area contributed by atoms with Gasteiger partial charge in [-0.3, -0.25) is 0 Å². The smallest absolute Gasteiger partial charge is 0.212 e. The molecule has 1 aliphatic heterocycles. The molecule has 0 radical (unpaired) electrons. The van der Waals surface area contributed by atoms with E-state index in [9.17, 15) is 20.4 Å². The second-order valence-electron chi connectivity index (χ2n) is 7.30. The summed E-state index contributed by atoms with van der Waals surface area (Å²) < 4.78 is 6.95. The third-order valence-corrected chi connectivity index (χ3v) is 6.36. The molecule has 6 N–H and O–H groups in total. The van der Waals surface area contributed by atoms with Gasteiger partial charge in [0.2, 0.25) is 5.79 Å². The van der Waals surface area contributed by atoms with E-state index in [0.29, 0.717) is 12.6 Å². The Morgan fingerprint density at radius 2 is 1.85 bits per heavy atom. The number of benzene rings is 1. The van der Waals surface area contributed by atoms with E-state index in [1.54, 1.807) is 0 Å². The summed E-state index contributed by atoms with van der Waals surface area (Å²) in [6.45, 7) is 0.261. The van der Waals surface area contributed by atoms with Gasteiger partial charge >= 0.3 is 0 Å². The molecule has 1 aromatic carbocycles. The molecular weight excluding hydrogens is 484 g/mol. The van der Waals surface area contributed by atoms with Crippen molar-refractivity contribution in [3.05, 3.63) is 26.6 Å². The Kier molecular flexibility index (Phi) is 7.18. The number of nitrogens with one attached hydrogen (secondary N) is 2. The lowest BCUT2D eigenvalue weighted by Crippen LogP contribution is -2.63. The van der Waals surface area contributed by atoms with Crippen molar-refractivity contribution in [2.45, 2.75) is 62.4 Å². The molecule has 0 bridgehead atoms. The second-order valence-corrected chi connectivity index (χ2v) is 9.07. The minimum atomic E-state index is -2.00. The molecule has 4 atom stereocenters. The minimum Gasteiger partial charge on any atom is -0.388 e. The Bertz CT molecular complexity index is 659. The predicted molar refractivity (Wildman–Crippen MR) is 108 cm³/mol. The van der Waals surface area contributed by atoms with Crippen LogP contribution in [0, 0.1) is 0 Å². The zero-order valence-corrected chi connectivity index (χ0v) is 18.0. The minimum absolute atomic E-state index is 0.144. The molecule has 1 aromatic rings. The van der Waals surface area contributed by atoms with Crippen LogP contribution >= 0.6 is 31.9 Å². The van der Waals surface area contributed by atoms with E-state index in [0.717, 1.165) is 20.2 Å². The first-order valence-electron chi connectivity index (χ1n) is 9.16. The Morgan fingerprint density at radius 1 is 1.15 bits per heavy atom. The van der Waals surface area contributed by atoms with E-state index < -0.39 is 24.1 Å². The summed E-state index contributed by atoms with van der Waals surface area (Å²) >= 11 is 7.04. The van der Waals surface area contributed by atoms with Crippen molar-refractivity contribution in [3.8, 4) is 0 Å². The molecule has 1 saturated heterocycles. The van der Waals surface area contributed by atoms with Gasteiger partial charge in [-0.2, -0.15) is 0 Å². The largest absolute Gasteiger partial charge is 0.388 e. The van der Waals surface area contributed by atoms with Gasteiger partial charge in [-0.05, 0) is 46.5 Å². The number of rotatable bonds is 6. The molecule has 1 unspecified atom stereocenters. The van der Waals surface area contributed by atoms with Crippen LogP contribution in [0.2, 0.25) is 0 Å². The van der Waals surface area contributed by atoms with Crippen molar-refractivity contribution in [1.29, 1.82) is 0 Å². The van der Waals surface area contributed by atoms with Crippen LogP contribution in [-0.4, -0.2) is 63.7 Å². The summed E-state index contributed by atoms with van der Waals surface area (Å²) in [5, 5.41) is 46.8. The lowest BCUT2D eigenvalue weighted by atomic mass is 9.96. The number of aliphatic hydroxyl groups excluding tert-OH is 3. The van der Waals surface area contributed by atoms with Crippen LogP contribution in [0.3, 0.4) is 0 Å². The van der Waals surface area contributed by atoms with Crippen LogP contribution in [-0.2, 0) is 11.3 Å². The van der Waals surface area contributed by atoms with E-state index >= 15 is 0 Å². The molecule has 152 valence electrons. The summed E-state index contributed by atoms with van der Waals surface area (Å²) in [5.41, 5.74) is 1.77. The highest BCUT2D eigenvalue weighted by atomic mass is 79.9. The highest BCUT2D eigenvalue weighted by Gasteiger charge is 2.48. The SMILES string of the molecule is O[C@H]1[C@H](O)COC(O)(CNc2c(Br)cc(Br)cc2CNC2CCCC2)[C@H]1O. The molecule has 27 heavy (non-hydrogen) atoms. The fourth-order valence-corrected chi connectivity index (χ4v) is 5.06. The second kappa shape index (κ2) is 9.04. The topological polar surface area (TPSA) is 114 Å². The molecule has 1 heterocycles. The van der Waals surface area contributed by atoms with Crippen molar-refractivity contribution in [3.63, 3.8) is 0 Å². The fraction of sp³-hybridized carbons (Fsp3) is 0.667. The van der Waals surface area contributed by atoms with Crippen LogP contribution in [0.25, 0.3) is 0 Å². The molecule has 2 fully saturated rings. The van der Waals surface area contributed by atoms with Gasteiger partial charge in [0.25, 0.3) is 0 Å². The molecule has 9 heteroatoms. The highest BCUT2D eigenvalue weighted by Crippen LogP contribution is 2.33. The van der Waals surface area contributed by atoms with Gasteiger partial charge in [-0.1, -0.05) is 28.8 Å². The van der Waals surface area contributed by atoms with E-state index in [-0.39, 0.29) is 13.2 Å². The van der Waals surface area contributed by atoms with Crippen LogP contribution in [0.4, 0.5) is 5.69 Å². The Labute approximate surface area is 175 Å². The molecule has 0 amide bonds. The highest BCUT2D eigenvalue weighted by molar-refractivity contribution is 9.11. The van der Waals surface area contributed by atoms with Crippen LogP contribution in [0.1, 0.15) is 31.2 Å². The van der Waals surface area contributed by atoms with Gasteiger partial charge in [0.15, 0.2) is 0 Å². The molecule has 7 nitrogen and oxygen atoms in total. The Hall–Kier alpha value is -0.260. The van der Waals surface area contributed by atoms with E-state index in [1.165, 1.54) is 25.7 Å². The lowest BCUT2D eigenvalue weighted by molar-refractivity contribution is -0.313. The number of halogens is 2. The first-order chi connectivity index (χ1) is 12.8. The van der Waals surface area contributed by atoms with Gasteiger partial charge in [0.1, 0.15) is 18.3 Å². The monoisotopic (exact) mass is 508 g/mol. The molecule has 3 rings (SSSR count). The van der Waals surface area contributed by atoms with Gasteiger partial charge in [0, 0.05) is 21.5 Å². The molecule has 1 aliphatic carbocycles. The molecule has 0 spiro atoms. The summed E-state index contributed by atoms with van der Waals surface area (Å²) in [5.74, 6) is -2.00. The maximum atomic E-state index is 10.6. The maximum Gasteiger partial charge on any atom is 0.212 e. The van der Waals surface area contributed by atoms with Gasteiger partial charge < -0.3 is 35.8 Å². The number of anilines is 1. The maximum absolute atomic E-state index is 10.6. The van der Waals surface area contributed by atoms with Crippen molar-refractivity contribution in [1.82, 2.24) is 5.32 Å². The normalized spacial score (nSPS) is 32.0. The van der Waals surface area contributed by atoms with E-state index in [2.05, 4.69) is 42.5 Å². The molecule has 1 saturated carbocycles. The summed E-state index contributed by atoms with van der Waals surface area (Å²) in [7, 11) is 0. The zero-order chi connectivity index (χ0) is 19.6. The molecule has 0 aromatic heterocycles. The fourth-order valence-electron chi connectivity index (χ4n) is 3.61. The first kappa shape index (κ1) is 21.4. The van der Waals surface area contributed by atoms with E-state index in [1.807, 2.05) is 12.1 Å². The van der Waals surface area contributed by atoms with Crippen LogP contribution in [0.15, 0.2) is 21.1 Å². The third-order valence-electron chi connectivity index (χ3n) is 5.28. The van der Waals surface area contributed by atoms with Crippen molar-refractivity contribution < 1.29 is 25.2 Å².